The maximum Gasteiger partial charge on any atom is 0.305 e. The first-order valence-corrected chi connectivity index (χ1v) is 12.6. The number of aliphatic hydroxyl groups excluding tert-OH is 2. The average molecular weight is 448 g/mol. The van der Waals surface area contributed by atoms with Gasteiger partial charge in [0.05, 0.1) is 19.3 Å². The summed E-state index contributed by atoms with van der Waals surface area (Å²) in [7, 11) is 1.43. The van der Waals surface area contributed by atoms with Crippen LogP contribution in [0, 0.1) is 46.3 Å². The maximum absolute atomic E-state index is 11.7. The summed E-state index contributed by atoms with van der Waals surface area (Å²) in [4.78, 5) is 14.7. The standard InChI is InChI=1S/C25H41N3O4/c1-14(5-8-22(31)32-4)17-6-7-18-23-19(13-21(30)25(17,18)3)24(2)10-9-16(27-28-26)11-15(24)12-20(23)29/h14-21,23,29-30H,5-13H2,1-4H3/t14-,15?,16+,17-,18?,19?,20-,21+,23?,24+,25-/m1/s1. The minimum atomic E-state index is -0.389. The van der Waals surface area contributed by atoms with Gasteiger partial charge in [0.25, 0.3) is 0 Å². The van der Waals surface area contributed by atoms with Crippen molar-refractivity contribution < 1.29 is 19.7 Å². The normalized spacial score (nSPS) is 48.6. The smallest absolute Gasteiger partial charge is 0.305 e. The largest absolute Gasteiger partial charge is 0.469 e. The minimum Gasteiger partial charge on any atom is -0.469 e. The van der Waals surface area contributed by atoms with Crippen molar-refractivity contribution in [2.75, 3.05) is 7.11 Å². The van der Waals surface area contributed by atoms with Gasteiger partial charge in [0.2, 0.25) is 0 Å². The summed E-state index contributed by atoms with van der Waals surface area (Å²) in [6, 6.07) is 0.0344. The van der Waals surface area contributed by atoms with Crippen molar-refractivity contribution in [3.8, 4) is 0 Å². The predicted octanol–water partition coefficient (Wildman–Crippen LogP) is 4.86. The molecule has 0 spiro atoms. The Morgan fingerprint density at radius 3 is 2.62 bits per heavy atom. The molecule has 0 heterocycles. The summed E-state index contributed by atoms with van der Waals surface area (Å²) in [5, 5.41) is 27.0. The van der Waals surface area contributed by atoms with Crippen LogP contribution in [0.25, 0.3) is 10.4 Å². The second kappa shape index (κ2) is 8.81. The van der Waals surface area contributed by atoms with E-state index in [2.05, 4.69) is 30.8 Å². The number of nitrogens with zero attached hydrogens (tertiary/aromatic N) is 3. The molecule has 0 amide bonds. The van der Waals surface area contributed by atoms with Gasteiger partial charge in [-0.3, -0.25) is 4.79 Å². The van der Waals surface area contributed by atoms with Gasteiger partial charge in [-0.2, -0.15) is 0 Å². The molecule has 7 heteroatoms. The molecule has 4 unspecified atom stereocenters. The molecule has 32 heavy (non-hydrogen) atoms. The number of ether oxygens (including phenoxy) is 1. The van der Waals surface area contributed by atoms with Gasteiger partial charge in [-0.25, -0.2) is 0 Å². The van der Waals surface area contributed by atoms with Crippen LogP contribution in [-0.2, 0) is 9.53 Å². The van der Waals surface area contributed by atoms with Crippen LogP contribution in [-0.4, -0.2) is 41.5 Å². The van der Waals surface area contributed by atoms with Crippen LogP contribution in [0.3, 0.4) is 0 Å². The van der Waals surface area contributed by atoms with E-state index in [1.807, 2.05) is 0 Å². The summed E-state index contributed by atoms with van der Waals surface area (Å²) < 4.78 is 4.84. The maximum atomic E-state index is 11.7. The number of aliphatic hydroxyl groups is 2. The van der Waals surface area contributed by atoms with Crippen molar-refractivity contribution in [1.29, 1.82) is 0 Å². The zero-order valence-corrected chi connectivity index (χ0v) is 20.1. The molecule has 0 radical (unpaired) electrons. The molecule has 0 saturated heterocycles. The van der Waals surface area contributed by atoms with Crippen molar-refractivity contribution in [3.63, 3.8) is 0 Å². The highest BCUT2D eigenvalue weighted by Crippen LogP contribution is 2.68. The quantitative estimate of drug-likeness (QED) is 0.271. The molecule has 0 aliphatic heterocycles. The highest BCUT2D eigenvalue weighted by Gasteiger charge is 2.65. The fourth-order valence-electron chi connectivity index (χ4n) is 8.96. The van der Waals surface area contributed by atoms with Crippen molar-refractivity contribution in [2.24, 2.45) is 51.5 Å². The number of carbonyl (C=O) groups excluding carboxylic acids is 1. The van der Waals surface area contributed by atoms with Crippen LogP contribution in [0.4, 0.5) is 0 Å². The number of carbonyl (C=O) groups is 1. The molecule has 7 nitrogen and oxygen atoms in total. The molecule has 0 aromatic heterocycles. The summed E-state index contributed by atoms with van der Waals surface area (Å²) in [5.41, 5.74) is 8.75. The van der Waals surface area contributed by atoms with Gasteiger partial charge in [0, 0.05) is 17.4 Å². The van der Waals surface area contributed by atoms with E-state index < -0.39 is 0 Å². The lowest BCUT2D eigenvalue weighted by atomic mass is 9.43. The number of esters is 1. The number of azide groups is 1. The van der Waals surface area contributed by atoms with Gasteiger partial charge in [-0.15, -0.1) is 0 Å². The molecular weight excluding hydrogens is 406 g/mol. The molecule has 4 aliphatic carbocycles. The fraction of sp³-hybridized carbons (Fsp3) is 0.960. The van der Waals surface area contributed by atoms with Crippen molar-refractivity contribution >= 4 is 5.97 Å². The molecular formula is C25H41N3O4. The van der Waals surface area contributed by atoms with E-state index >= 15 is 0 Å². The summed E-state index contributed by atoms with van der Waals surface area (Å²) in [6.07, 6.45) is 6.83. The van der Waals surface area contributed by atoms with Crippen LogP contribution in [0.2, 0.25) is 0 Å². The lowest BCUT2D eigenvalue weighted by molar-refractivity contribution is -0.202. The highest BCUT2D eigenvalue weighted by atomic mass is 16.5. The number of methoxy groups -OCH3 is 1. The second-order valence-corrected chi connectivity index (χ2v) is 11.8. The van der Waals surface area contributed by atoms with Gasteiger partial charge in [0.15, 0.2) is 0 Å². The van der Waals surface area contributed by atoms with E-state index in [0.29, 0.717) is 36.0 Å². The van der Waals surface area contributed by atoms with E-state index in [1.165, 1.54) is 7.11 Å². The Kier molecular flexibility index (Phi) is 6.56. The second-order valence-electron chi connectivity index (χ2n) is 11.8. The highest BCUT2D eigenvalue weighted by molar-refractivity contribution is 5.69. The zero-order valence-electron chi connectivity index (χ0n) is 20.1. The Balaban J connectivity index is 1.57. The van der Waals surface area contributed by atoms with Gasteiger partial charge in [-0.05, 0) is 103 Å². The molecule has 4 fully saturated rings. The molecule has 11 atom stereocenters. The first kappa shape index (κ1) is 23.8. The summed E-state index contributed by atoms with van der Waals surface area (Å²) in [5.74, 6) is 1.70. The molecule has 0 bridgehead atoms. The molecule has 2 N–H and O–H groups in total. The van der Waals surface area contributed by atoms with E-state index in [1.54, 1.807) is 0 Å². The van der Waals surface area contributed by atoms with Crippen molar-refractivity contribution in [3.05, 3.63) is 10.4 Å². The third kappa shape index (κ3) is 3.65. The zero-order chi connectivity index (χ0) is 23.3. The average Bonchev–Trinajstić information content (AvgIpc) is 3.12. The third-order valence-electron chi connectivity index (χ3n) is 10.8. The third-order valence-corrected chi connectivity index (χ3v) is 10.8. The van der Waals surface area contributed by atoms with E-state index in [4.69, 9.17) is 10.3 Å². The Bertz CT molecular complexity index is 770. The van der Waals surface area contributed by atoms with Crippen LogP contribution >= 0.6 is 0 Å². The van der Waals surface area contributed by atoms with E-state index in [9.17, 15) is 15.0 Å². The summed E-state index contributed by atoms with van der Waals surface area (Å²) >= 11 is 0. The lowest BCUT2D eigenvalue weighted by Gasteiger charge is -2.63. The van der Waals surface area contributed by atoms with Crippen LogP contribution in [0.5, 0.6) is 0 Å². The fourth-order valence-corrected chi connectivity index (χ4v) is 8.96. The Hall–Kier alpha value is -1.30. The van der Waals surface area contributed by atoms with Gasteiger partial charge < -0.3 is 14.9 Å². The number of hydrogen-bond donors (Lipinski definition) is 2. The van der Waals surface area contributed by atoms with Gasteiger partial charge in [0.1, 0.15) is 0 Å². The van der Waals surface area contributed by atoms with E-state index in [-0.39, 0.29) is 41.0 Å². The Labute approximate surface area is 191 Å². The number of hydrogen-bond acceptors (Lipinski definition) is 5. The SMILES string of the molecule is COC(=O)CC[C@@H](C)[C@H]1CCC2C3C(C[C@H](O)[C@@]21C)[C@@]1(C)CC[C@H](N=[N+]=[N-])CC1C[C@H]3O. The molecule has 0 aromatic carbocycles. The molecule has 0 aromatic rings. The van der Waals surface area contributed by atoms with Crippen LogP contribution < -0.4 is 0 Å². The van der Waals surface area contributed by atoms with Gasteiger partial charge in [-0.1, -0.05) is 25.9 Å². The molecule has 4 rings (SSSR count). The monoisotopic (exact) mass is 447 g/mol. The lowest BCUT2D eigenvalue weighted by Crippen LogP contribution is -2.62. The van der Waals surface area contributed by atoms with Crippen molar-refractivity contribution in [2.45, 2.75) is 96.8 Å². The van der Waals surface area contributed by atoms with Crippen LogP contribution in [0.1, 0.15) is 78.6 Å². The minimum absolute atomic E-state index is 0.0344. The summed E-state index contributed by atoms with van der Waals surface area (Å²) in [6.45, 7) is 6.84. The predicted molar refractivity (Wildman–Crippen MR) is 121 cm³/mol. The topological polar surface area (TPSA) is 116 Å². The van der Waals surface area contributed by atoms with Gasteiger partial charge >= 0.3 is 5.97 Å². The Morgan fingerprint density at radius 2 is 1.94 bits per heavy atom. The first-order chi connectivity index (χ1) is 15.2. The molecule has 180 valence electrons. The van der Waals surface area contributed by atoms with Crippen LogP contribution in [0.15, 0.2) is 5.11 Å². The first-order valence-electron chi connectivity index (χ1n) is 12.6. The molecule has 4 saturated carbocycles. The number of rotatable bonds is 5. The van der Waals surface area contributed by atoms with E-state index in [0.717, 1.165) is 51.4 Å². The Morgan fingerprint density at radius 1 is 1.19 bits per heavy atom. The van der Waals surface area contributed by atoms with Crippen molar-refractivity contribution in [1.82, 2.24) is 0 Å². The molecule has 4 aliphatic rings. The number of fused-ring (bicyclic) bond motifs is 5.